The fraction of sp³-hybridized carbons (Fsp3) is 0.600. The summed E-state index contributed by atoms with van der Waals surface area (Å²) in [4.78, 5) is 1.10. The third-order valence-corrected chi connectivity index (χ3v) is 4.89. The molecule has 2 rings (SSSR count). The van der Waals surface area contributed by atoms with Gasteiger partial charge in [0.05, 0.1) is 0 Å². The van der Waals surface area contributed by atoms with Crippen LogP contribution < -0.4 is 5.73 Å². The monoisotopic (exact) mass is 267 g/mol. The van der Waals surface area contributed by atoms with Gasteiger partial charge in [0.15, 0.2) is 0 Å². The van der Waals surface area contributed by atoms with E-state index in [0.717, 1.165) is 10.5 Å². The SMILES string of the molecule is CC(N)Cc1c(F)cccc1SC1CCCCC1. The Morgan fingerprint density at radius 3 is 2.72 bits per heavy atom. The maximum atomic E-state index is 13.9. The van der Waals surface area contributed by atoms with Gasteiger partial charge < -0.3 is 5.73 Å². The number of hydrogen-bond donors (Lipinski definition) is 1. The van der Waals surface area contributed by atoms with Gasteiger partial charge in [0.1, 0.15) is 5.82 Å². The molecule has 3 heteroatoms. The molecule has 1 saturated carbocycles. The highest BCUT2D eigenvalue weighted by atomic mass is 32.2. The smallest absolute Gasteiger partial charge is 0.127 e. The lowest BCUT2D eigenvalue weighted by Gasteiger charge is -2.22. The van der Waals surface area contributed by atoms with Crippen LogP contribution in [0.2, 0.25) is 0 Å². The lowest BCUT2D eigenvalue weighted by atomic mass is 10.0. The molecular weight excluding hydrogens is 245 g/mol. The minimum atomic E-state index is -0.104. The van der Waals surface area contributed by atoms with Crippen LogP contribution in [0.3, 0.4) is 0 Å². The minimum Gasteiger partial charge on any atom is -0.328 e. The molecule has 2 N–H and O–H groups in total. The summed E-state index contributed by atoms with van der Waals surface area (Å²) in [7, 11) is 0. The maximum Gasteiger partial charge on any atom is 0.127 e. The van der Waals surface area contributed by atoms with Crippen LogP contribution in [0, 0.1) is 5.82 Å². The van der Waals surface area contributed by atoms with E-state index in [1.54, 1.807) is 6.07 Å². The van der Waals surface area contributed by atoms with E-state index in [0.29, 0.717) is 11.7 Å². The molecule has 1 atom stereocenters. The average molecular weight is 267 g/mol. The van der Waals surface area contributed by atoms with Crippen molar-refractivity contribution in [3.8, 4) is 0 Å². The van der Waals surface area contributed by atoms with E-state index in [-0.39, 0.29) is 11.9 Å². The highest BCUT2D eigenvalue weighted by Crippen LogP contribution is 2.36. The van der Waals surface area contributed by atoms with Crippen molar-refractivity contribution in [2.45, 2.75) is 61.6 Å². The standard InChI is InChI=1S/C15H22FNS/c1-11(17)10-13-14(16)8-5-9-15(13)18-12-6-3-2-4-7-12/h5,8-9,11-12H,2-4,6-7,10,17H2,1H3. The molecule has 0 aliphatic heterocycles. The van der Waals surface area contributed by atoms with Gasteiger partial charge in [0.25, 0.3) is 0 Å². The predicted molar refractivity (Wildman–Crippen MR) is 76.5 cm³/mol. The first-order valence-electron chi connectivity index (χ1n) is 6.86. The summed E-state index contributed by atoms with van der Waals surface area (Å²) in [6.07, 6.45) is 7.14. The molecule has 1 aliphatic carbocycles. The van der Waals surface area contributed by atoms with Gasteiger partial charge in [-0.25, -0.2) is 4.39 Å². The Labute approximate surface area is 113 Å². The molecule has 18 heavy (non-hydrogen) atoms. The van der Waals surface area contributed by atoms with Gasteiger partial charge in [0.2, 0.25) is 0 Å². The van der Waals surface area contributed by atoms with Crippen molar-refractivity contribution >= 4 is 11.8 Å². The summed E-state index contributed by atoms with van der Waals surface area (Å²) in [5.74, 6) is -0.104. The lowest BCUT2D eigenvalue weighted by Crippen LogP contribution is -2.19. The number of rotatable bonds is 4. The summed E-state index contributed by atoms with van der Waals surface area (Å²) in [6, 6.07) is 5.40. The molecule has 100 valence electrons. The fourth-order valence-electron chi connectivity index (χ4n) is 2.53. The molecule has 1 aliphatic rings. The quantitative estimate of drug-likeness (QED) is 0.887. The topological polar surface area (TPSA) is 26.0 Å². The van der Waals surface area contributed by atoms with Crippen molar-refractivity contribution in [3.05, 3.63) is 29.6 Å². The van der Waals surface area contributed by atoms with E-state index >= 15 is 0 Å². The van der Waals surface area contributed by atoms with Crippen LogP contribution in [0.5, 0.6) is 0 Å². The number of benzene rings is 1. The zero-order valence-electron chi connectivity index (χ0n) is 11.0. The molecule has 0 heterocycles. The highest BCUT2D eigenvalue weighted by Gasteiger charge is 2.18. The van der Waals surface area contributed by atoms with Crippen LogP contribution in [0.15, 0.2) is 23.1 Å². The Kier molecular flexibility index (Phi) is 5.07. The van der Waals surface area contributed by atoms with Crippen molar-refractivity contribution in [1.29, 1.82) is 0 Å². The zero-order valence-corrected chi connectivity index (χ0v) is 11.8. The second-order valence-electron chi connectivity index (χ2n) is 5.28. The third-order valence-electron chi connectivity index (χ3n) is 3.45. The largest absolute Gasteiger partial charge is 0.328 e. The molecule has 1 aromatic rings. The molecule has 1 nitrogen and oxygen atoms in total. The number of hydrogen-bond acceptors (Lipinski definition) is 2. The van der Waals surface area contributed by atoms with E-state index in [9.17, 15) is 4.39 Å². The average Bonchev–Trinajstić information content (AvgIpc) is 2.34. The normalized spacial score (nSPS) is 18.8. The Morgan fingerprint density at radius 2 is 2.06 bits per heavy atom. The second kappa shape index (κ2) is 6.58. The first kappa shape index (κ1) is 13.9. The number of halogens is 1. The highest BCUT2D eigenvalue weighted by molar-refractivity contribution is 8.00. The van der Waals surface area contributed by atoms with E-state index < -0.39 is 0 Å². The molecule has 0 spiro atoms. The predicted octanol–water partition coefficient (Wildman–Crippen LogP) is 4.14. The maximum absolute atomic E-state index is 13.9. The minimum absolute atomic E-state index is 0.00704. The van der Waals surface area contributed by atoms with Crippen molar-refractivity contribution in [2.24, 2.45) is 5.73 Å². The molecular formula is C15H22FNS. The van der Waals surface area contributed by atoms with Crippen LogP contribution in [0.25, 0.3) is 0 Å². The molecule has 0 saturated heterocycles. The zero-order chi connectivity index (χ0) is 13.0. The van der Waals surface area contributed by atoms with Gasteiger partial charge in [-0.05, 0) is 38.3 Å². The van der Waals surface area contributed by atoms with Crippen molar-refractivity contribution < 1.29 is 4.39 Å². The number of thioether (sulfide) groups is 1. The molecule has 1 fully saturated rings. The number of nitrogens with two attached hydrogens (primary N) is 1. The van der Waals surface area contributed by atoms with Gasteiger partial charge in [0, 0.05) is 21.8 Å². The third kappa shape index (κ3) is 3.72. The van der Waals surface area contributed by atoms with E-state index in [2.05, 4.69) is 0 Å². The molecule has 0 bridgehead atoms. The molecule has 1 unspecified atom stereocenters. The summed E-state index contributed by atoms with van der Waals surface area (Å²) in [5.41, 5.74) is 6.63. The molecule has 0 aromatic heterocycles. The van der Waals surface area contributed by atoms with Gasteiger partial charge >= 0.3 is 0 Å². The van der Waals surface area contributed by atoms with Crippen molar-refractivity contribution in [3.63, 3.8) is 0 Å². The second-order valence-corrected chi connectivity index (χ2v) is 6.62. The van der Waals surface area contributed by atoms with Gasteiger partial charge in [-0.15, -0.1) is 11.8 Å². The van der Waals surface area contributed by atoms with E-state index in [1.807, 2.05) is 30.8 Å². The van der Waals surface area contributed by atoms with E-state index in [4.69, 9.17) is 5.73 Å². The van der Waals surface area contributed by atoms with Crippen LogP contribution >= 0.6 is 11.8 Å². The van der Waals surface area contributed by atoms with Crippen molar-refractivity contribution in [1.82, 2.24) is 0 Å². The van der Waals surface area contributed by atoms with Gasteiger partial charge in [-0.3, -0.25) is 0 Å². The van der Waals surface area contributed by atoms with Crippen molar-refractivity contribution in [2.75, 3.05) is 0 Å². The van der Waals surface area contributed by atoms with E-state index in [1.165, 1.54) is 32.1 Å². The Hall–Kier alpha value is -0.540. The molecule has 0 radical (unpaired) electrons. The lowest BCUT2D eigenvalue weighted by molar-refractivity contribution is 0.515. The fourth-order valence-corrected chi connectivity index (χ4v) is 3.94. The summed E-state index contributed by atoms with van der Waals surface area (Å²) >= 11 is 1.85. The first-order valence-corrected chi connectivity index (χ1v) is 7.74. The van der Waals surface area contributed by atoms with Gasteiger partial charge in [-0.2, -0.15) is 0 Å². The van der Waals surface area contributed by atoms with Crippen LogP contribution in [-0.2, 0) is 6.42 Å². The molecule has 0 amide bonds. The van der Waals surface area contributed by atoms with Gasteiger partial charge in [-0.1, -0.05) is 25.3 Å². The van der Waals surface area contributed by atoms with Crippen LogP contribution in [-0.4, -0.2) is 11.3 Å². The first-order chi connectivity index (χ1) is 8.66. The summed E-state index contributed by atoms with van der Waals surface area (Å²) in [6.45, 7) is 1.93. The summed E-state index contributed by atoms with van der Waals surface area (Å²) < 4.78 is 13.9. The van der Waals surface area contributed by atoms with Crippen LogP contribution in [0.1, 0.15) is 44.6 Å². The Morgan fingerprint density at radius 1 is 1.33 bits per heavy atom. The Balaban J connectivity index is 2.12. The van der Waals surface area contributed by atoms with Crippen LogP contribution in [0.4, 0.5) is 4.39 Å². The Bertz CT molecular complexity index is 386. The molecule has 1 aromatic carbocycles. The summed E-state index contributed by atoms with van der Waals surface area (Å²) in [5, 5.41) is 0.660.